The average molecular weight is 298 g/mol. The minimum Gasteiger partial charge on any atom is -0.478 e. The Morgan fingerprint density at radius 2 is 1.64 bits per heavy atom. The molecule has 2 rings (SSSR count). The van der Waals surface area contributed by atoms with E-state index in [1.807, 2.05) is 58.0 Å². The summed E-state index contributed by atoms with van der Waals surface area (Å²) in [6.07, 6.45) is -0.534. The van der Waals surface area contributed by atoms with Crippen LogP contribution in [0.4, 0.5) is 0 Å². The Kier molecular flexibility index (Phi) is 4.86. The molecule has 0 spiro atoms. The number of benzene rings is 2. The molecule has 0 aliphatic carbocycles. The third kappa shape index (κ3) is 4.10. The quantitative estimate of drug-likeness (QED) is 0.907. The second-order valence-electron chi connectivity index (χ2n) is 5.89. The van der Waals surface area contributed by atoms with E-state index in [0.29, 0.717) is 12.2 Å². The summed E-state index contributed by atoms with van der Waals surface area (Å²) >= 11 is 0. The first-order valence-electron chi connectivity index (χ1n) is 7.39. The van der Waals surface area contributed by atoms with Crippen molar-refractivity contribution in [3.05, 3.63) is 64.2 Å². The van der Waals surface area contributed by atoms with Crippen LogP contribution >= 0.6 is 0 Å². The summed E-state index contributed by atoms with van der Waals surface area (Å²) in [5.74, 6) is -0.350. The molecule has 0 amide bonds. The number of carbonyl (C=O) groups is 1. The average Bonchev–Trinajstić information content (AvgIpc) is 2.41. The van der Waals surface area contributed by atoms with Crippen molar-refractivity contribution in [3.8, 4) is 5.75 Å². The standard InChI is InChI=1S/C19H22O3/c1-12-7-13(2)9-16(8-12)11-18(19(20)21)22-17-6-5-14(3)15(4)10-17/h5-10,18H,11H2,1-4H3,(H,20,21)/t18-/m0/s1. The molecule has 0 unspecified atom stereocenters. The fourth-order valence-corrected chi connectivity index (χ4v) is 2.53. The summed E-state index contributed by atoms with van der Waals surface area (Å²) in [6.45, 7) is 8.03. The van der Waals surface area contributed by atoms with Crippen LogP contribution in [0.1, 0.15) is 27.8 Å². The van der Waals surface area contributed by atoms with Crippen LogP contribution < -0.4 is 4.74 Å². The van der Waals surface area contributed by atoms with Crippen molar-refractivity contribution in [2.45, 2.75) is 40.2 Å². The van der Waals surface area contributed by atoms with Crippen LogP contribution in [0.25, 0.3) is 0 Å². The van der Waals surface area contributed by atoms with E-state index in [1.165, 1.54) is 0 Å². The molecule has 0 saturated carbocycles. The zero-order valence-corrected chi connectivity index (χ0v) is 13.5. The molecule has 1 N–H and O–H groups in total. The van der Waals surface area contributed by atoms with E-state index in [9.17, 15) is 9.90 Å². The summed E-state index contributed by atoms with van der Waals surface area (Å²) in [5.41, 5.74) is 5.49. The number of hydrogen-bond donors (Lipinski definition) is 1. The number of rotatable bonds is 5. The van der Waals surface area contributed by atoms with Crippen LogP contribution in [0, 0.1) is 27.7 Å². The summed E-state index contributed by atoms with van der Waals surface area (Å²) in [5, 5.41) is 9.43. The lowest BCUT2D eigenvalue weighted by molar-refractivity contribution is -0.145. The highest BCUT2D eigenvalue weighted by Crippen LogP contribution is 2.20. The van der Waals surface area contributed by atoms with Crippen molar-refractivity contribution in [1.29, 1.82) is 0 Å². The van der Waals surface area contributed by atoms with Crippen molar-refractivity contribution < 1.29 is 14.6 Å². The molecule has 0 bridgehead atoms. The van der Waals surface area contributed by atoms with Gasteiger partial charge in [-0.05, 0) is 56.5 Å². The number of aryl methyl sites for hydroxylation is 4. The number of hydrogen-bond acceptors (Lipinski definition) is 2. The van der Waals surface area contributed by atoms with Gasteiger partial charge >= 0.3 is 5.97 Å². The third-order valence-electron chi connectivity index (χ3n) is 3.73. The van der Waals surface area contributed by atoms with Crippen molar-refractivity contribution >= 4 is 5.97 Å². The van der Waals surface area contributed by atoms with E-state index in [1.54, 1.807) is 0 Å². The predicted octanol–water partition coefficient (Wildman–Crippen LogP) is 3.99. The van der Waals surface area contributed by atoms with Crippen molar-refractivity contribution in [1.82, 2.24) is 0 Å². The summed E-state index contributed by atoms with van der Waals surface area (Å²) in [6, 6.07) is 11.7. The molecule has 0 aliphatic heterocycles. The molecule has 116 valence electrons. The van der Waals surface area contributed by atoms with Gasteiger partial charge in [0.15, 0.2) is 6.10 Å². The number of carboxylic acid groups (broad SMARTS) is 1. The Morgan fingerprint density at radius 3 is 2.18 bits per heavy atom. The Balaban J connectivity index is 2.19. The molecule has 0 fully saturated rings. The molecule has 0 aromatic heterocycles. The van der Waals surface area contributed by atoms with E-state index < -0.39 is 12.1 Å². The normalized spacial score (nSPS) is 12.0. The SMILES string of the molecule is Cc1cc(C)cc(C[C@H](Oc2ccc(C)c(C)c2)C(=O)O)c1. The second kappa shape index (κ2) is 6.65. The van der Waals surface area contributed by atoms with Gasteiger partial charge in [0, 0.05) is 6.42 Å². The lowest BCUT2D eigenvalue weighted by Gasteiger charge is -2.17. The van der Waals surface area contributed by atoms with Crippen LogP contribution in [0.2, 0.25) is 0 Å². The minimum absolute atomic E-state index is 0.352. The number of aliphatic carboxylic acids is 1. The van der Waals surface area contributed by atoms with Gasteiger partial charge in [-0.1, -0.05) is 35.4 Å². The zero-order valence-electron chi connectivity index (χ0n) is 13.5. The largest absolute Gasteiger partial charge is 0.478 e. The first-order valence-corrected chi connectivity index (χ1v) is 7.39. The zero-order chi connectivity index (χ0) is 16.3. The molecule has 3 nitrogen and oxygen atoms in total. The lowest BCUT2D eigenvalue weighted by atomic mass is 10.0. The molecule has 0 heterocycles. The number of ether oxygens (including phenoxy) is 1. The maximum atomic E-state index is 11.5. The first-order chi connectivity index (χ1) is 10.3. The topological polar surface area (TPSA) is 46.5 Å². The smallest absolute Gasteiger partial charge is 0.345 e. The van der Waals surface area contributed by atoms with Crippen LogP contribution in [-0.4, -0.2) is 17.2 Å². The molecule has 2 aromatic carbocycles. The maximum absolute atomic E-state index is 11.5. The van der Waals surface area contributed by atoms with Crippen LogP contribution in [0.5, 0.6) is 5.75 Å². The van der Waals surface area contributed by atoms with E-state index >= 15 is 0 Å². The third-order valence-corrected chi connectivity index (χ3v) is 3.73. The molecule has 3 heteroatoms. The maximum Gasteiger partial charge on any atom is 0.345 e. The van der Waals surface area contributed by atoms with Crippen LogP contribution in [-0.2, 0) is 11.2 Å². The molecular formula is C19H22O3. The van der Waals surface area contributed by atoms with Crippen molar-refractivity contribution in [2.24, 2.45) is 0 Å². The van der Waals surface area contributed by atoms with E-state index in [0.717, 1.165) is 27.8 Å². The monoisotopic (exact) mass is 298 g/mol. The van der Waals surface area contributed by atoms with Crippen LogP contribution in [0.3, 0.4) is 0 Å². The molecule has 0 aliphatic rings. The molecule has 0 saturated heterocycles. The Labute approximate surface area is 131 Å². The van der Waals surface area contributed by atoms with E-state index in [-0.39, 0.29) is 0 Å². The van der Waals surface area contributed by atoms with Gasteiger partial charge < -0.3 is 9.84 Å². The summed E-state index contributed by atoms with van der Waals surface area (Å²) < 4.78 is 5.70. The number of carboxylic acids is 1. The van der Waals surface area contributed by atoms with Gasteiger partial charge in [-0.15, -0.1) is 0 Å². The van der Waals surface area contributed by atoms with E-state index in [4.69, 9.17) is 4.74 Å². The summed E-state index contributed by atoms with van der Waals surface area (Å²) in [7, 11) is 0. The lowest BCUT2D eigenvalue weighted by Crippen LogP contribution is -2.29. The highest BCUT2D eigenvalue weighted by atomic mass is 16.5. The fourth-order valence-electron chi connectivity index (χ4n) is 2.53. The fraction of sp³-hybridized carbons (Fsp3) is 0.316. The molecule has 22 heavy (non-hydrogen) atoms. The van der Waals surface area contributed by atoms with Crippen molar-refractivity contribution in [3.63, 3.8) is 0 Å². The van der Waals surface area contributed by atoms with Crippen molar-refractivity contribution in [2.75, 3.05) is 0 Å². The Morgan fingerprint density at radius 1 is 1.00 bits per heavy atom. The Hall–Kier alpha value is -2.29. The van der Waals surface area contributed by atoms with Gasteiger partial charge in [-0.2, -0.15) is 0 Å². The van der Waals surface area contributed by atoms with Crippen LogP contribution in [0.15, 0.2) is 36.4 Å². The molecule has 2 aromatic rings. The van der Waals surface area contributed by atoms with Gasteiger partial charge in [0.1, 0.15) is 5.75 Å². The van der Waals surface area contributed by atoms with Gasteiger partial charge in [0.25, 0.3) is 0 Å². The Bertz CT molecular complexity index is 669. The molecule has 0 radical (unpaired) electrons. The molecule has 1 atom stereocenters. The first kappa shape index (κ1) is 16.1. The summed E-state index contributed by atoms with van der Waals surface area (Å²) in [4.78, 5) is 11.5. The second-order valence-corrected chi connectivity index (χ2v) is 5.89. The highest BCUT2D eigenvalue weighted by molar-refractivity contribution is 5.73. The highest BCUT2D eigenvalue weighted by Gasteiger charge is 2.20. The van der Waals surface area contributed by atoms with Gasteiger partial charge in [-0.25, -0.2) is 4.79 Å². The predicted molar refractivity (Wildman–Crippen MR) is 87.6 cm³/mol. The van der Waals surface area contributed by atoms with Gasteiger partial charge in [0.05, 0.1) is 0 Å². The van der Waals surface area contributed by atoms with E-state index in [2.05, 4.69) is 6.07 Å². The molecular weight excluding hydrogens is 276 g/mol. The van der Waals surface area contributed by atoms with Gasteiger partial charge in [0.2, 0.25) is 0 Å². The van der Waals surface area contributed by atoms with Gasteiger partial charge in [-0.3, -0.25) is 0 Å². The minimum atomic E-state index is -0.947.